The molecule has 0 radical (unpaired) electrons. The second-order valence-corrected chi connectivity index (χ2v) is 4.66. The van der Waals surface area contributed by atoms with Gasteiger partial charge in [-0.3, -0.25) is 4.68 Å². The van der Waals surface area contributed by atoms with Crippen molar-refractivity contribution < 1.29 is 0 Å². The number of halogens is 1. The first-order valence-electron chi connectivity index (χ1n) is 5.57. The summed E-state index contributed by atoms with van der Waals surface area (Å²) in [7, 11) is 5.74. The van der Waals surface area contributed by atoms with Crippen LogP contribution in [-0.4, -0.2) is 35.1 Å². The molecule has 4 nitrogen and oxygen atoms in total. The predicted octanol–water partition coefficient (Wildman–Crippen LogP) is 2.96. The smallest absolute Gasteiger partial charge is 0.152 e. The summed E-state index contributed by atoms with van der Waals surface area (Å²) in [5.74, 6) is 0.814. The Labute approximate surface area is 112 Å². The highest BCUT2D eigenvalue weighted by Gasteiger charge is 2.05. The van der Waals surface area contributed by atoms with Gasteiger partial charge < -0.3 is 4.90 Å². The van der Waals surface area contributed by atoms with E-state index in [0.29, 0.717) is 0 Å². The summed E-state index contributed by atoms with van der Waals surface area (Å²) in [4.78, 5) is 6.23. The Morgan fingerprint density at radius 1 is 1.28 bits per heavy atom. The normalized spacial score (nSPS) is 11.1. The van der Waals surface area contributed by atoms with Crippen LogP contribution in [0.3, 0.4) is 0 Å². The Morgan fingerprint density at radius 3 is 2.56 bits per heavy atom. The summed E-state index contributed by atoms with van der Waals surface area (Å²) in [6, 6.07) is 9.56. The Balaban J connectivity index is 2.31. The van der Waals surface area contributed by atoms with E-state index in [1.807, 2.05) is 56.4 Å². The average molecular weight is 263 g/mol. The van der Waals surface area contributed by atoms with Gasteiger partial charge in [-0.1, -0.05) is 23.7 Å². The van der Waals surface area contributed by atoms with Crippen molar-refractivity contribution in [2.75, 3.05) is 14.1 Å². The SMILES string of the molecule is CN(C)/C=N/c1cc(-c2ccc(Cl)cc2)nn1C. The molecular weight excluding hydrogens is 248 g/mol. The second kappa shape index (κ2) is 5.23. The molecule has 0 amide bonds. The number of hydrogen-bond acceptors (Lipinski definition) is 2. The second-order valence-electron chi connectivity index (χ2n) is 4.23. The molecule has 0 atom stereocenters. The van der Waals surface area contributed by atoms with E-state index in [1.54, 1.807) is 11.0 Å². The largest absolute Gasteiger partial charge is 0.369 e. The lowest BCUT2D eigenvalue weighted by atomic mass is 10.1. The van der Waals surface area contributed by atoms with Gasteiger partial charge in [-0.2, -0.15) is 5.10 Å². The van der Waals surface area contributed by atoms with Crippen molar-refractivity contribution >= 4 is 23.8 Å². The minimum Gasteiger partial charge on any atom is -0.369 e. The third-order valence-corrected chi connectivity index (χ3v) is 2.67. The van der Waals surface area contributed by atoms with Crippen molar-refractivity contribution in [3.8, 4) is 11.3 Å². The van der Waals surface area contributed by atoms with Crippen molar-refractivity contribution in [2.24, 2.45) is 12.0 Å². The summed E-state index contributed by atoms with van der Waals surface area (Å²) >= 11 is 5.87. The van der Waals surface area contributed by atoms with Gasteiger partial charge in [-0.25, -0.2) is 4.99 Å². The molecule has 0 saturated heterocycles. The van der Waals surface area contributed by atoms with Gasteiger partial charge in [0.1, 0.15) is 0 Å². The number of aryl methyl sites for hydroxylation is 1. The van der Waals surface area contributed by atoms with Crippen molar-refractivity contribution in [1.29, 1.82) is 0 Å². The minimum absolute atomic E-state index is 0.723. The van der Waals surface area contributed by atoms with Gasteiger partial charge >= 0.3 is 0 Å². The van der Waals surface area contributed by atoms with Crippen molar-refractivity contribution in [3.63, 3.8) is 0 Å². The first kappa shape index (κ1) is 12.6. The fourth-order valence-corrected chi connectivity index (χ4v) is 1.64. The highest BCUT2D eigenvalue weighted by Crippen LogP contribution is 2.24. The maximum atomic E-state index is 5.87. The molecule has 0 bridgehead atoms. The monoisotopic (exact) mass is 262 g/mol. The molecule has 0 aliphatic heterocycles. The molecule has 1 heterocycles. The molecule has 0 fully saturated rings. The van der Waals surface area contributed by atoms with Crippen molar-refractivity contribution in [3.05, 3.63) is 35.4 Å². The van der Waals surface area contributed by atoms with Crippen LogP contribution in [0, 0.1) is 0 Å². The lowest BCUT2D eigenvalue weighted by Gasteiger charge is -2.01. The summed E-state index contributed by atoms with van der Waals surface area (Å²) in [6.45, 7) is 0. The third kappa shape index (κ3) is 2.90. The number of rotatable bonds is 3. The van der Waals surface area contributed by atoms with E-state index in [9.17, 15) is 0 Å². The fraction of sp³-hybridized carbons (Fsp3) is 0.231. The van der Waals surface area contributed by atoms with E-state index in [2.05, 4.69) is 10.1 Å². The topological polar surface area (TPSA) is 33.4 Å². The number of aliphatic imine (C=N–C) groups is 1. The molecule has 2 aromatic rings. The molecule has 0 aliphatic rings. The Bertz CT molecular complexity index is 555. The molecule has 0 N–H and O–H groups in total. The van der Waals surface area contributed by atoms with E-state index < -0.39 is 0 Å². The Kier molecular flexibility index (Phi) is 3.67. The average Bonchev–Trinajstić information content (AvgIpc) is 2.69. The van der Waals surface area contributed by atoms with Gasteiger partial charge in [-0.15, -0.1) is 0 Å². The molecule has 18 heavy (non-hydrogen) atoms. The summed E-state index contributed by atoms with van der Waals surface area (Å²) in [6.07, 6.45) is 1.75. The molecule has 0 spiro atoms. The van der Waals surface area contributed by atoms with Crippen LogP contribution in [-0.2, 0) is 7.05 Å². The van der Waals surface area contributed by atoms with Crippen LogP contribution in [0.1, 0.15) is 0 Å². The minimum atomic E-state index is 0.723. The molecule has 5 heteroatoms. The lowest BCUT2D eigenvalue weighted by molar-refractivity contribution is 0.641. The van der Waals surface area contributed by atoms with Gasteiger partial charge in [0.05, 0.1) is 12.0 Å². The van der Waals surface area contributed by atoms with Crippen LogP contribution in [0.2, 0.25) is 5.02 Å². The maximum absolute atomic E-state index is 5.87. The molecule has 1 aromatic carbocycles. The summed E-state index contributed by atoms with van der Waals surface area (Å²) < 4.78 is 1.75. The first-order chi connectivity index (χ1) is 8.56. The molecule has 94 valence electrons. The standard InChI is InChI=1S/C13H15ClN4/c1-17(2)9-15-13-8-12(16-18(13)3)10-4-6-11(14)7-5-10/h4-9H,1-3H3/b15-9+. The lowest BCUT2D eigenvalue weighted by Crippen LogP contribution is -2.07. The van der Waals surface area contributed by atoms with Crippen LogP contribution in [0.5, 0.6) is 0 Å². The quantitative estimate of drug-likeness (QED) is 0.629. The van der Waals surface area contributed by atoms with Crippen LogP contribution in [0.15, 0.2) is 35.3 Å². The Morgan fingerprint density at radius 2 is 1.94 bits per heavy atom. The van der Waals surface area contributed by atoms with E-state index in [0.717, 1.165) is 22.1 Å². The molecular formula is C13H15ClN4. The first-order valence-corrected chi connectivity index (χ1v) is 5.94. The van der Waals surface area contributed by atoms with Crippen LogP contribution in [0.25, 0.3) is 11.3 Å². The van der Waals surface area contributed by atoms with E-state index in [4.69, 9.17) is 11.6 Å². The van der Waals surface area contributed by atoms with Crippen molar-refractivity contribution in [2.45, 2.75) is 0 Å². The van der Waals surface area contributed by atoms with E-state index in [-0.39, 0.29) is 0 Å². The number of aromatic nitrogens is 2. The van der Waals surface area contributed by atoms with E-state index in [1.165, 1.54) is 0 Å². The third-order valence-electron chi connectivity index (χ3n) is 2.42. The maximum Gasteiger partial charge on any atom is 0.152 e. The number of benzene rings is 1. The van der Waals surface area contributed by atoms with E-state index >= 15 is 0 Å². The zero-order valence-corrected chi connectivity index (χ0v) is 11.4. The van der Waals surface area contributed by atoms with Crippen LogP contribution >= 0.6 is 11.6 Å². The molecule has 0 unspecified atom stereocenters. The van der Waals surface area contributed by atoms with Gasteiger partial charge in [-0.05, 0) is 12.1 Å². The van der Waals surface area contributed by atoms with Crippen molar-refractivity contribution in [1.82, 2.24) is 14.7 Å². The highest BCUT2D eigenvalue weighted by atomic mass is 35.5. The van der Waals surface area contributed by atoms with Crippen LogP contribution in [0.4, 0.5) is 5.82 Å². The van der Waals surface area contributed by atoms with Gasteiger partial charge in [0, 0.05) is 37.8 Å². The number of hydrogen-bond donors (Lipinski definition) is 0. The molecule has 2 rings (SSSR count). The predicted molar refractivity (Wildman–Crippen MR) is 75.5 cm³/mol. The molecule has 0 aliphatic carbocycles. The summed E-state index contributed by atoms with van der Waals surface area (Å²) in [5, 5.41) is 5.15. The van der Waals surface area contributed by atoms with Gasteiger partial charge in [0.2, 0.25) is 0 Å². The molecule has 0 saturated carbocycles. The fourth-order valence-electron chi connectivity index (χ4n) is 1.51. The molecule has 1 aromatic heterocycles. The highest BCUT2D eigenvalue weighted by molar-refractivity contribution is 6.30. The zero-order chi connectivity index (χ0) is 13.1. The summed E-state index contributed by atoms with van der Waals surface area (Å²) in [5.41, 5.74) is 1.92. The number of nitrogens with zero attached hydrogens (tertiary/aromatic N) is 4. The zero-order valence-electron chi connectivity index (χ0n) is 10.6. The van der Waals surface area contributed by atoms with Crippen LogP contribution < -0.4 is 0 Å². The van der Waals surface area contributed by atoms with Gasteiger partial charge in [0.25, 0.3) is 0 Å². The Hall–Kier alpha value is -1.81. The van der Waals surface area contributed by atoms with Gasteiger partial charge in [0.15, 0.2) is 5.82 Å².